The number of hydrogen-bond acceptors (Lipinski definition) is 18. The number of carbonyl (C=O) groups is 9. The third kappa shape index (κ3) is 49.8. The predicted octanol–water partition coefficient (Wildman–Crippen LogP) is 10.3. The molecule has 2 N–H and O–H groups in total. The first-order valence-corrected chi connectivity index (χ1v) is 28.0. The van der Waals surface area contributed by atoms with Crippen molar-refractivity contribution in [3.8, 4) is 0 Å². The average Bonchev–Trinajstić information content (AvgIpc) is 3.40. The Morgan fingerprint density at radius 1 is 0.408 bits per heavy atom. The fraction of sp³-hybridized carbons (Fsp3) is 0.807. The molecule has 0 saturated heterocycles. The number of aliphatic hydroxyl groups excluding tert-OH is 1. The highest BCUT2D eigenvalue weighted by Crippen LogP contribution is 2.14. The Balaban J connectivity index is -0.00000115. The maximum Gasteiger partial charge on any atom is 0.333 e. The fourth-order valence-electron chi connectivity index (χ4n) is 5.99. The lowest BCUT2D eigenvalue weighted by molar-refractivity contribution is -0.151. The zero-order chi connectivity index (χ0) is 57.9. The molecule has 0 aliphatic heterocycles. The van der Waals surface area contributed by atoms with Crippen LogP contribution in [0.3, 0.4) is 0 Å². The third-order valence-corrected chi connectivity index (χ3v) is 11.9. The van der Waals surface area contributed by atoms with Gasteiger partial charge in [-0.3, -0.25) is 38.4 Å². The molecular weight excluding hydrogens is 989 g/mol. The standard InChI is InChI=1S/C28H50O8.C18H30O7.C11H20O4/c1-5-8-15-24(7-3)22-36-27(31)17-11-13-20-34-25(29)16-10-9-12-19-33-26(30)18-14-21-35-28(32)23(4)6-2;1-5-14(4)18(22)23-10-8-6-7-9-16(20)24-11-15(19)12-25-17(21)13(2)3;1-3-9(2)11(14)15-8-6-4-5-7-10(12)13/h23-24H,5-22H2,1-4H3;14-15,19H,2,5-12H2,1,3-4H3;9H,3-8H2,1-2H3,(H,12,13). The molecule has 0 aromatic rings. The van der Waals surface area contributed by atoms with Crippen LogP contribution in [0.1, 0.15) is 216 Å². The van der Waals surface area contributed by atoms with Crippen LogP contribution in [0, 0.1) is 23.7 Å². The highest BCUT2D eigenvalue weighted by molar-refractivity contribution is 5.87. The Labute approximate surface area is 454 Å². The number of carboxylic acids is 1. The molecule has 0 aromatic carbocycles. The van der Waals surface area contributed by atoms with Crippen LogP contribution in [0.2, 0.25) is 0 Å². The maximum atomic E-state index is 11.8. The summed E-state index contributed by atoms with van der Waals surface area (Å²) in [6.45, 7) is 22.1. The molecule has 0 aliphatic rings. The lowest BCUT2D eigenvalue weighted by Gasteiger charge is -2.14. The van der Waals surface area contributed by atoms with Crippen molar-refractivity contribution in [2.75, 3.05) is 52.9 Å². The van der Waals surface area contributed by atoms with Crippen molar-refractivity contribution in [1.29, 1.82) is 0 Å². The van der Waals surface area contributed by atoms with Crippen LogP contribution in [-0.4, -0.2) is 123 Å². The summed E-state index contributed by atoms with van der Waals surface area (Å²) in [5, 5.41) is 17.9. The topological polar surface area (TPSA) is 268 Å². The van der Waals surface area contributed by atoms with E-state index >= 15 is 0 Å². The lowest BCUT2D eigenvalue weighted by atomic mass is 10.0. The first-order chi connectivity index (χ1) is 36.2. The summed E-state index contributed by atoms with van der Waals surface area (Å²) in [4.78, 5) is 102. The van der Waals surface area contributed by atoms with Gasteiger partial charge in [0.1, 0.15) is 19.3 Å². The van der Waals surface area contributed by atoms with E-state index in [0.717, 1.165) is 70.6 Å². The van der Waals surface area contributed by atoms with Crippen molar-refractivity contribution < 1.29 is 91.3 Å². The molecule has 0 radical (unpaired) electrons. The molecule has 5 atom stereocenters. The van der Waals surface area contributed by atoms with E-state index in [2.05, 4.69) is 20.4 Å². The Bertz CT molecular complexity index is 1600. The third-order valence-electron chi connectivity index (χ3n) is 11.9. The maximum absolute atomic E-state index is 11.8. The molecular formula is C57H100O19. The van der Waals surface area contributed by atoms with Gasteiger partial charge in [0.2, 0.25) is 0 Å². The number of carbonyl (C=O) groups excluding carboxylic acids is 8. The monoisotopic (exact) mass is 1090 g/mol. The summed E-state index contributed by atoms with van der Waals surface area (Å²) in [6, 6.07) is 0. The van der Waals surface area contributed by atoms with Crippen LogP contribution in [0.5, 0.6) is 0 Å². The Morgan fingerprint density at radius 3 is 1.14 bits per heavy atom. The van der Waals surface area contributed by atoms with Crippen molar-refractivity contribution in [3.63, 3.8) is 0 Å². The molecule has 0 spiro atoms. The van der Waals surface area contributed by atoms with Crippen molar-refractivity contribution in [1.82, 2.24) is 0 Å². The van der Waals surface area contributed by atoms with Gasteiger partial charge in [0.15, 0.2) is 0 Å². The van der Waals surface area contributed by atoms with E-state index in [1.54, 1.807) is 0 Å². The number of rotatable bonds is 44. The van der Waals surface area contributed by atoms with Gasteiger partial charge in [-0.05, 0) is 116 Å². The number of aliphatic carboxylic acids is 1. The Hall–Kier alpha value is -5.07. The molecule has 0 amide bonds. The van der Waals surface area contributed by atoms with Gasteiger partial charge in [-0.25, -0.2) is 4.79 Å². The Morgan fingerprint density at radius 2 is 0.750 bits per heavy atom. The second-order valence-corrected chi connectivity index (χ2v) is 19.1. The number of ether oxygens (including phenoxy) is 8. The summed E-state index contributed by atoms with van der Waals surface area (Å²) in [7, 11) is 0. The predicted molar refractivity (Wildman–Crippen MR) is 286 cm³/mol. The van der Waals surface area contributed by atoms with Gasteiger partial charge in [0.25, 0.3) is 0 Å². The van der Waals surface area contributed by atoms with Gasteiger partial charge in [-0.2, -0.15) is 0 Å². The zero-order valence-electron chi connectivity index (χ0n) is 48.1. The van der Waals surface area contributed by atoms with Gasteiger partial charge in [-0.15, -0.1) is 0 Å². The van der Waals surface area contributed by atoms with Crippen LogP contribution in [0.15, 0.2) is 12.2 Å². The van der Waals surface area contributed by atoms with Gasteiger partial charge in [0, 0.05) is 37.7 Å². The molecule has 0 aromatic heterocycles. The van der Waals surface area contributed by atoms with E-state index in [0.29, 0.717) is 103 Å². The van der Waals surface area contributed by atoms with Gasteiger partial charge < -0.3 is 48.1 Å². The number of aliphatic hydroxyl groups is 1. The molecule has 19 heteroatoms. The quantitative estimate of drug-likeness (QED) is 0.0248. The average molecular weight is 1090 g/mol. The molecule has 0 bridgehead atoms. The van der Waals surface area contributed by atoms with E-state index < -0.39 is 24.0 Å². The van der Waals surface area contributed by atoms with Crippen molar-refractivity contribution in [3.05, 3.63) is 12.2 Å². The van der Waals surface area contributed by atoms with Gasteiger partial charge >= 0.3 is 53.7 Å². The van der Waals surface area contributed by atoms with Crippen molar-refractivity contribution >= 4 is 53.7 Å². The second kappa shape index (κ2) is 52.0. The van der Waals surface area contributed by atoms with Crippen LogP contribution in [-0.2, 0) is 81.0 Å². The summed E-state index contributed by atoms with van der Waals surface area (Å²) in [5.74, 6) is -2.91. The molecule has 76 heavy (non-hydrogen) atoms. The molecule has 5 unspecified atom stereocenters. The first-order valence-electron chi connectivity index (χ1n) is 28.0. The molecule has 19 nitrogen and oxygen atoms in total. The second-order valence-electron chi connectivity index (χ2n) is 19.1. The largest absolute Gasteiger partial charge is 0.481 e. The molecule has 0 saturated carbocycles. The minimum atomic E-state index is -1.06. The zero-order valence-corrected chi connectivity index (χ0v) is 48.1. The van der Waals surface area contributed by atoms with E-state index in [4.69, 9.17) is 43.0 Å². The molecule has 0 fully saturated rings. The lowest BCUT2D eigenvalue weighted by Crippen LogP contribution is -2.25. The fourth-order valence-corrected chi connectivity index (χ4v) is 5.99. The number of esters is 8. The van der Waals surface area contributed by atoms with E-state index in [1.807, 2.05) is 41.5 Å². The van der Waals surface area contributed by atoms with E-state index in [-0.39, 0.29) is 98.2 Å². The van der Waals surface area contributed by atoms with E-state index in [9.17, 15) is 48.3 Å². The van der Waals surface area contributed by atoms with Crippen molar-refractivity contribution in [2.45, 2.75) is 223 Å². The number of unbranched alkanes of at least 4 members (excludes halogenated alkanes) is 8. The van der Waals surface area contributed by atoms with Crippen LogP contribution in [0.25, 0.3) is 0 Å². The highest BCUT2D eigenvalue weighted by Gasteiger charge is 2.16. The van der Waals surface area contributed by atoms with E-state index in [1.165, 1.54) is 6.92 Å². The minimum Gasteiger partial charge on any atom is -0.481 e. The number of carboxylic acid groups (broad SMARTS) is 1. The summed E-state index contributed by atoms with van der Waals surface area (Å²) in [5.41, 5.74) is 0.235. The van der Waals surface area contributed by atoms with Crippen LogP contribution < -0.4 is 0 Å². The van der Waals surface area contributed by atoms with Gasteiger partial charge in [0.05, 0.1) is 57.4 Å². The molecule has 0 rings (SSSR count). The normalized spacial score (nSPS) is 12.5. The Kier molecular flexibility index (Phi) is 51.4. The van der Waals surface area contributed by atoms with Gasteiger partial charge in [-0.1, -0.05) is 81.2 Å². The van der Waals surface area contributed by atoms with Crippen LogP contribution >= 0.6 is 0 Å². The minimum absolute atomic E-state index is 0.0379. The van der Waals surface area contributed by atoms with Crippen LogP contribution in [0.4, 0.5) is 0 Å². The summed E-state index contributed by atoms with van der Waals surface area (Å²) < 4.78 is 40.6. The smallest absolute Gasteiger partial charge is 0.333 e. The van der Waals surface area contributed by atoms with Crippen molar-refractivity contribution in [2.24, 2.45) is 23.7 Å². The summed E-state index contributed by atoms with van der Waals surface area (Å²) >= 11 is 0. The molecule has 0 heterocycles. The molecule has 442 valence electrons. The molecule has 0 aliphatic carbocycles. The summed E-state index contributed by atoms with van der Waals surface area (Å²) in [6.07, 6.45) is 15.0. The highest BCUT2D eigenvalue weighted by atomic mass is 16.6. The SMILES string of the molecule is C=C(C)C(=O)OCC(O)COC(=O)CCCCCOC(=O)C(C)CC.CCC(C)C(=O)OCCCCCC(=O)O.CCCCC(CC)COC(=O)CCCCOC(=O)CCCCCOC(=O)CCCOC(=O)C(C)CC. The first kappa shape index (κ1) is 75.2. The number of hydrogen-bond donors (Lipinski definition) is 2.